The maximum Gasteiger partial charge on any atom is 0.262 e. The van der Waals surface area contributed by atoms with E-state index in [1.807, 2.05) is 36.4 Å². The van der Waals surface area contributed by atoms with Crippen LogP contribution in [0.5, 0.6) is 5.75 Å². The minimum absolute atomic E-state index is 0.0443. The monoisotopic (exact) mass is 356 g/mol. The number of nitrogens with zero attached hydrogens (tertiary/aromatic N) is 1. The van der Waals surface area contributed by atoms with Crippen LogP contribution >= 0.6 is 11.3 Å². The van der Waals surface area contributed by atoms with Crippen molar-refractivity contribution in [1.82, 2.24) is 4.98 Å². The molecule has 0 atom stereocenters. The number of amides is 1. The SMILES string of the molecule is CC(C)c1ccc(OCC(=O)Nc2ccc3nc(NN)sc3c2)cc1. The molecule has 7 heteroatoms. The molecule has 1 heterocycles. The molecule has 1 amide bonds. The van der Waals surface area contributed by atoms with Crippen LogP contribution in [0, 0.1) is 0 Å². The van der Waals surface area contributed by atoms with E-state index in [2.05, 4.69) is 29.6 Å². The molecule has 0 radical (unpaired) electrons. The molecule has 0 fully saturated rings. The molecule has 0 spiro atoms. The number of ether oxygens (including phenoxy) is 1. The number of thiazole rings is 1. The summed E-state index contributed by atoms with van der Waals surface area (Å²) < 4.78 is 6.48. The molecule has 1 aromatic heterocycles. The second-order valence-electron chi connectivity index (χ2n) is 5.91. The van der Waals surface area contributed by atoms with Gasteiger partial charge in [-0.05, 0) is 41.8 Å². The molecule has 3 rings (SSSR count). The van der Waals surface area contributed by atoms with Crippen molar-refractivity contribution >= 4 is 38.3 Å². The van der Waals surface area contributed by atoms with Crippen LogP contribution in [0.1, 0.15) is 25.3 Å². The van der Waals surface area contributed by atoms with E-state index < -0.39 is 0 Å². The number of benzene rings is 2. The summed E-state index contributed by atoms with van der Waals surface area (Å²) in [4.78, 5) is 16.4. The standard InChI is InChI=1S/C18H20N4O2S/c1-11(2)12-3-6-14(7-4-12)24-10-17(23)20-13-5-8-15-16(9-13)25-18(21-15)22-19/h3-9,11H,10,19H2,1-2H3,(H,20,23)(H,21,22). The summed E-state index contributed by atoms with van der Waals surface area (Å²) in [7, 11) is 0. The molecule has 130 valence electrons. The molecule has 4 N–H and O–H groups in total. The number of hydrogen-bond donors (Lipinski definition) is 3. The third-order valence-corrected chi connectivity index (χ3v) is 4.66. The number of fused-ring (bicyclic) bond motifs is 1. The van der Waals surface area contributed by atoms with E-state index in [0.29, 0.717) is 22.5 Å². The smallest absolute Gasteiger partial charge is 0.262 e. The molecule has 3 aromatic rings. The summed E-state index contributed by atoms with van der Waals surface area (Å²) in [6.45, 7) is 4.23. The first-order valence-electron chi connectivity index (χ1n) is 7.95. The zero-order valence-electron chi connectivity index (χ0n) is 14.1. The number of nitrogen functional groups attached to an aromatic ring is 1. The van der Waals surface area contributed by atoms with Gasteiger partial charge in [-0.3, -0.25) is 10.2 Å². The van der Waals surface area contributed by atoms with Gasteiger partial charge in [-0.1, -0.05) is 37.3 Å². The van der Waals surface area contributed by atoms with Gasteiger partial charge < -0.3 is 10.1 Å². The molecule has 0 aliphatic rings. The molecule has 0 saturated heterocycles. The Kier molecular flexibility index (Phi) is 5.16. The molecule has 0 saturated carbocycles. The molecule has 0 unspecified atom stereocenters. The Morgan fingerprint density at radius 2 is 2.00 bits per heavy atom. The fourth-order valence-electron chi connectivity index (χ4n) is 2.36. The number of carbonyl (C=O) groups is 1. The molecule has 25 heavy (non-hydrogen) atoms. The molecule has 0 aliphatic carbocycles. The van der Waals surface area contributed by atoms with Crippen molar-refractivity contribution in [3.8, 4) is 5.75 Å². The van der Waals surface area contributed by atoms with E-state index >= 15 is 0 Å². The van der Waals surface area contributed by atoms with Gasteiger partial charge in [-0.15, -0.1) is 0 Å². The predicted octanol–water partition coefficient (Wildman–Crippen LogP) is 3.72. The number of hydrazine groups is 1. The fourth-order valence-corrected chi connectivity index (χ4v) is 3.17. The average Bonchev–Trinajstić information content (AvgIpc) is 3.02. The highest BCUT2D eigenvalue weighted by molar-refractivity contribution is 7.22. The van der Waals surface area contributed by atoms with Crippen molar-refractivity contribution in [2.45, 2.75) is 19.8 Å². The summed E-state index contributed by atoms with van der Waals surface area (Å²) in [6, 6.07) is 13.3. The first-order chi connectivity index (χ1) is 12.0. The number of anilines is 2. The summed E-state index contributed by atoms with van der Waals surface area (Å²) >= 11 is 1.42. The van der Waals surface area contributed by atoms with Crippen LogP contribution in [0.4, 0.5) is 10.8 Å². The van der Waals surface area contributed by atoms with Gasteiger partial charge in [0.05, 0.1) is 10.2 Å². The largest absolute Gasteiger partial charge is 0.484 e. The van der Waals surface area contributed by atoms with Crippen molar-refractivity contribution in [1.29, 1.82) is 0 Å². The van der Waals surface area contributed by atoms with Crippen LogP contribution in [0.3, 0.4) is 0 Å². The van der Waals surface area contributed by atoms with Crippen LogP contribution in [-0.4, -0.2) is 17.5 Å². The molecular weight excluding hydrogens is 336 g/mol. The third kappa shape index (κ3) is 4.26. The van der Waals surface area contributed by atoms with Crippen molar-refractivity contribution in [2.24, 2.45) is 5.84 Å². The van der Waals surface area contributed by atoms with Crippen LogP contribution < -0.4 is 21.3 Å². The maximum atomic E-state index is 12.1. The van der Waals surface area contributed by atoms with E-state index in [4.69, 9.17) is 10.6 Å². The number of carbonyl (C=O) groups excluding carboxylic acids is 1. The average molecular weight is 356 g/mol. The number of rotatable bonds is 6. The van der Waals surface area contributed by atoms with Gasteiger partial charge in [-0.25, -0.2) is 10.8 Å². The van der Waals surface area contributed by atoms with E-state index in [1.54, 1.807) is 6.07 Å². The Morgan fingerprint density at radius 1 is 1.24 bits per heavy atom. The first kappa shape index (κ1) is 17.2. The van der Waals surface area contributed by atoms with Crippen molar-refractivity contribution in [2.75, 3.05) is 17.3 Å². The summed E-state index contributed by atoms with van der Waals surface area (Å²) in [6.07, 6.45) is 0. The third-order valence-electron chi connectivity index (χ3n) is 3.71. The summed E-state index contributed by atoms with van der Waals surface area (Å²) in [5.74, 6) is 6.29. The highest BCUT2D eigenvalue weighted by atomic mass is 32.1. The molecule has 0 bridgehead atoms. The van der Waals surface area contributed by atoms with Gasteiger partial charge in [0.25, 0.3) is 5.91 Å². The normalized spacial score (nSPS) is 10.9. The first-order valence-corrected chi connectivity index (χ1v) is 8.76. The summed E-state index contributed by atoms with van der Waals surface area (Å²) in [5.41, 5.74) is 5.29. The predicted molar refractivity (Wildman–Crippen MR) is 102 cm³/mol. The Labute approximate surface area is 150 Å². The van der Waals surface area contributed by atoms with Gasteiger partial charge in [0.2, 0.25) is 0 Å². The topological polar surface area (TPSA) is 89.3 Å². The number of hydrogen-bond acceptors (Lipinski definition) is 6. The fraction of sp³-hybridized carbons (Fsp3) is 0.222. The Balaban J connectivity index is 1.58. The second kappa shape index (κ2) is 7.50. The number of nitrogens with one attached hydrogen (secondary N) is 2. The number of nitrogens with two attached hydrogens (primary N) is 1. The Bertz CT molecular complexity index is 874. The minimum atomic E-state index is -0.214. The molecule has 6 nitrogen and oxygen atoms in total. The van der Waals surface area contributed by atoms with Crippen LogP contribution in [-0.2, 0) is 4.79 Å². The lowest BCUT2D eigenvalue weighted by atomic mass is 10.0. The lowest BCUT2D eigenvalue weighted by Gasteiger charge is -2.09. The van der Waals surface area contributed by atoms with Crippen molar-refractivity contribution < 1.29 is 9.53 Å². The Morgan fingerprint density at radius 3 is 2.68 bits per heavy atom. The highest BCUT2D eigenvalue weighted by Crippen LogP contribution is 2.27. The zero-order chi connectivity index (χ0) is 17.8. The van der Waals surface area contributed by atoms with E-state index in [0.717, 1.165) is 10.2 Å². The van der Waals surface area contributed by atoms with Gasteiger partial charge in [-0.2, -0.15) is 0 Å². The van der Waals surface area contributed by atoms with Crippen LogP contribution in [0.15, 0.2) is 42.5 Å². The van der Waals surface area contributed by atoms with Crippen LogP contribution in [0.2, 0.25) is 0 Å². The Hall–Kier alpha value is -2.64. The molecule has 2 aromatic carbocycles. The van der Waals surface area contributed by atoms with Gasteiger partial charge in [0, 0.05) is 5.69 Å². The number of aromatic nitrogens is 1. The van der Waals surface area contributed by atoms with Crippen LogP contribution in [0.25, 0.3) is 10.2 Å². The molecular formula is C18H20N4O2S. The summed E-state index contributed by atoms with van der Waals surface area (Å²) in [5, 5.41) is 3.46. The van der Waals surface area contributed by atoms with E-state index in [1.165, 1.54) is 16.9 Å². The van der Waals surface area contributed by atoms with Gasteiger partial charge >= 0.3 is 0 Å². The van der Waals surface area contributed by atoms with Crippen molar-refractivity contribution in [3.05, 3.63) is 48.0 Å². The zero-order valence-corrected chi connectivity index (χ0v) is 14.9. The highest BCUT2D eigenvalue weighted by Gasteiger charge is 2.07. The lowest BCUT2D eigenvalue weighted by Crippen LogP contribution is -2.20. The van der Waals surface area contributed by atoms with E-state index in [9.17, 15) is 4.79 Å². The van der Waals surface area contributed by atoms with E-state index in [-0.39, 0.29) is 12.5 Å². The van der Waals surface area contributed by atoms with Crippen molar-refractivity contribution in [3.63, 3.8) is 0 Å². The van der Waals surface area contributed by atoms with Gasteiger partial charge in [0.1, 0.15) is 5.75 Å². The minimum Gasteiger partial charge on any atom is -0.484 e. The molecule has 0 aliphatic heterocycles. The van der Waals surface area contributed by atoms with Gasteiger partial charge in [0.15, 0.2) is 11.7 Å². The lowest BCUT2D eigenvalue weighted by molar-refractivity contribution is -0.118. The quantitative estimate of drug-likeness (QED) is 0.463. The maximum absolute atomic E-state index is 12.1. The second-order valence-corrected chi connectivity index (χ2v) is 6.94.